The molecule has 0 bridgehead atoms. The monoisotopic (exact) mass is 374 g/mol. The number of piperazine rings is 1. The quantitative estimate of drug-likeness (QED) is 0.778. The highest BCUT2D eigenvalue weighted by Crippen LogP contribution is 2.35. The average Bonchev–Trinajstić information content (AvgIpc) is 3.22. The van der Waals surface area contributed by atoms with Crippen LogP contribution in [0.4, 0.5) is 9.18 Å². The van der Waals surface area contributed by atoms with Crippen molar-refractivity contribution in [3.05, 3.63) is 35.6 Å². The summed E-state index contributed by atoms with van der Waals surface area (Å²) >= 11 is 0. The second-order valence-electron chi connectivity index (χ2n) is 7.47. The third-order valence-electron chi connectivity index (χ3n) is 5.79. The van der Waals surface area contributed by atoms with E-state index in [-0.39, 0.29) is 30.2 Å². The minimum absolute atomic E-state index is 0.280. The van der Waals surface area contributed by atoms with Crippen LogP contribution in [0.5, 0.6) is 0 Å². The van der Waals surface area contributed by atoms with E-state index in [9.17, 15) is 18.8 Å². The highest BCUT2D eigenvalue weighted by molar-refractivity contribution is 6.09. The lowest BCUT2D eigenvalue weighted by Gasteiger charge is -2.37. The predicted octanol–water partition coefficient (Wildman–Crippen LogP) is 1.16. The van der Waals surface area contributed by atoms with Crippen LogP contribution < -0.4 is 10.6 Å². The van der Waals surface area contributed by atoms with Crippen LogP contribution in [-0.4, -0.2) is 59.4 Å². The minimum Gasteiger partial charge on any atom is -0.332 e. The molecule has 2 heterocycles. The molecule has 2 N–H and O–H groups in total. The summed E-state index contributed by atoms with van der Waals surface area (Å²) in [5.74, 6) is -0.956. The van der Waals surface area contributed by atoms with Crippen molar-refractivity contribution in [2.24, 2.45) is 0 Å². The smallest absolute Gasteiger partial charge is 0.325 e. The zero-order chi connectivity index (χ0) is 19.0. The first-order valence-electron chi connectivity index (χ1n) is 9.40. The summed E-state index contributed by atoms with van der Waals surface area (Å²) in [6, 6.07) is 5.35. The second-order valence-corrected chi connectivity index (χ2v) is 7.47. The van der Waals surface area contributed by atoms with Gasteiger partial charge >= 0.3 is 6.03 Å². The normalized spacial score (nSPS) is 24.6. The number of nitrogens with zero attached hydrogens (tertiary/aromatic N) is 2. The first kappa shape index (κ1) is 17.9. The van der Waals surface area contributed by atoms with Crippen LogP contribution in [-0.2, 0) is 9.59 Å². The largest absolute Gasteiger partial charge is 0.332 e. The van der Waals surface area contributed by atoms with E-state index in [4.69, 9.17) is 0 Å². The molecular formula is C19H23FN4O3. The first-order valence-corrected chi connectivity index (χ1v) is 9.40. The summed E-state index contributed by atoms with van der Waals surface area (Å²) in [5.41, 5.74) is -0.122. The van der Waals surface area contributed by atoms with E-state index in [2.05, 4.69) is 10.6 Å². The maximum atomic E-state index is 13.6. The number of carbonyl (C=O) groups excluding carboxylic acids is 3. The predicted molar refractivity (Wildman–Crippen MR) is 95.2 cm³/mol. The van der Waals surface area contributed by atoms with Gasteiger partial charge in [-0.25, -0.2) is 9.18 Å². The molecule has 1 aliphatic carbocycles. The molecule has 1 saturated carbocycles. The van der Waals surface area contributed by atoms with Crippen LogP contribution in [0.3, 0.4) is 0 Å². The van der Waals surface area contributed by atoms with Crippen LogP contribution in [0.2, 0.25) is 0 Å². The van der Waals surface area contributed by atoms with Crippen molar-refractivity contribution >= 4 is 17.8 Å². The van der Waals surface area contributed by atoms with Crippen LogP contribution in [0.15, 0.2) is 24.3 Å². The molecule has 4 rings (SSSR count). The fourth-order valence-electron chi connectivity index (χ4n) is 4.38. The summed E-state index contributed by atoms with van der Waals surface area (Å²) in [4.78, 5) is 40.7. The molecule has 1 aromatic rings. The van der Waals surface area contributed by atoms with Crippen molar-refractivity contribution in [1.29, 1.82) is 0 Å². The van der Waals surface area contributed by atoms with E-state index in [0.717, 1.165) is 17.7 Å². The van der Waals surface area contributed by atoms with Gasteiger partial charge in [-0.2, -0.15) is 0 Å². The fraction of sp³-hybridized carbons (Fsp3) is 0.526. The Morgan fingerprint density at radius 2 is 2.04 bits per heavy atom. The van der Waals surface area contributed by atoms with Crippen LogP contribution >= 0.6 is 0 Å². The number of rotatable bonds is 3. The fourth-order valence-corrected chi connectivity index (χ4v) is 4.38. The van der Waals surface area contributed by atoms with Gasteiger partial charge in [0.25, 0.3) is 5.91 Å². The van der Waals surface area contributed by atoms with E-state index in [1.807, 2.05) is 0 Å². The Labute approximate surface area is 156 Å². The number of imide groups is 1. The van der Waals surface area contributed by atoms with Crippen LogP contribution in [0.25, 0.3) is 0 Å². The molecule has 1 aromatic carbocycles. The number of carbonyl (C=O) groups is 3. The molecule has 3 fully saturated rings. The lowest BCUT2D eigenvalue weighted by molar-refractivity contribution is -0.140. The molecule has 2 aliphatic heterocycles. The molecule has 2 saturated heterocycles. The SMILES string of the molecule is O=C1NC2(CCCC2)C(=O)N1CC(=O)N1CCNCC1c1cccc(F)c1. The van der Waals surface area contributed by atoms with Gasteiger partial charge in [0.2, 0.25) is 5.91 Å². The maximum Gasteiger partial charge on any atom is 0.325 e. The van der Waals surface area contributed by atoms with Crippen molar-refractivity contribution < 1.29 is 18.8 Å². The van der Waals surface area contributed by atoms with E-state index in [1.54, 1.807) is 17.0 Å². The Bertz CT molecular complexity index is 778. The Hall–Kier alpha value is -2.48. The molecule has 144 valence electrons. The van der Waals surface area contributed by atoms with Crippen molar-refractivity contribution in [3.8, 4) is 0 Å². The van der Waals surface area contributed by atoms with Gasteiger partial charge in [-0.15, -0.1) is 0 Å². The second kappa shape index (κ2) is 6.92. The summed E-state index contributed by atoms with van der Waals surface area (Å²) in [6.45, 7) is 1.27. The van der Waals surface area contributed by atoms with Gasteiger partial charge in [0.05, 0.1) is 6.04 Å². The van der Waals surface area contributed by atoms with Crippen molar-refractivity contribution in [2.75, 3.05) is 26.2 Å². The lowest BCUT2D eigenvalue weighted by atomic mass is 9.98. The lowest BCUT2D eigenvalue weighted by Crippen LogP contribution is -2.52. The van der Waals surface area contributed by atoms with Crippen molar-refractivity contribution in [3.63, 3.8) is 0 Å². The topological polar surface area (TPSA) is 81.8 Å². The van der Waals surface area contributed by atoms with Crippen LogP contribution in [0, 0.1) is 5.82 Å². The summed E-state index contributed by atoms with van der Waals surface area (Å²) in [5, 5.41) is 6.00. The number of hydrogen-bond donors (Lipinski definition) is 2. The van der Waals surface area contributed by atoms with E-state index in [1.165, 1.54) is 12.1 Å². The molecule has 0 radical (unpaired) electrons. The molecule has 27 heavy (non-hydrogen) atoms. The van der Waals surface area contributed by atoms with Crippen molar-refractivity contribution in [1.82, 2.24) is 20.4 Å². The zero-order valence-electron chi connectivity index (χ0n) is 15.0. The molecule has 1 atom stereocenters. The summed E-state index contributed by atoms with van der Waals surface area (Å²) in [7, 11) is 0. The van der Waals surface area contributed by atoms with E-state index >= 15 is 0 Å². The Kier molecular flexibility index (Phi) is 4.59. The number of benzene rings is 1. The molecule has 1 unspecified atom stereocenters. The van der Waals surface area contributed by atoms with Gasteiger partial charge in [0, 0.05) is 19.6 Å². The van der Waals surface area contributed by atoms with Gasteiger partial charge in [0.1, 0.15) is 17.9 Å². The first-order chi connectivity index (χ1) is 13.0. The number of amides is 4. The highest BCUT2D eigenvalue weighted by Gasteiger charge is 2.53. The van der Waals surface area contributed by atoms with Gasteiger partial charge in [-0.1, -0.05) is 25.0 Å². The Morgan fingerprint density at radius 3 is 2.78 bits per heavy atom. The standard InChI is InChI=1S/C19H23FN4O3/c20-14-5-3-4-13(10-14)15-11-21-8-9-23(15)16(25)12-24-17(26)19(22-18(24)27)6-1-2-7-19/h3-5,10,15,21H,1-2,6-9,11-12H2,(H,22,27). The van der Waals surface area contributed by atoms with Gasteiger partial charge in [-0.3, -0.25) is 14.5 Å². The van der Waals surface area contributed by atoms with Crippen LogP contribution in [0.1, 0.15) is 37.3 Å². The summed E-state index contributed by atoms with van der Waals surface area (Å²) < 4.78 is 13.6. The molecule has 7 nitrogen and oxygen atoms in total. The minimum atomic E-state index is -0.817. The van der Waals surface area contributed by atoms with E-state index in [0.29, 0.717) is 38.0 Å². The molecule has 4 amide bonds. The Morgan fingerprint density at radius 1 is 1.26 bits per heavy atom. The van der Waals surface area contributed by atoms with Crippen molar-refractivity contribution in [2.45, 2.75) is 37.3 Å². The number of urea groups is 1. The molecule has 8 heteroatoms. The highest BCUT2D eigenvalue weighted by atomic mass is 19.1. The molecule has 3 aliphatic rings. The number of halogens is 1. The average molecular weight is 374 g/mol. The number of hydrogen-bond acceptors (Lipinski definition) is 4. The maximum absolute atomic E-state index is 13.6. The van der Waals surface area contributed by atoms with Gasteiger partial charge < -0.3 is 15.5 Å². The summed E-state index contributed by atoms with van der Waals surface area (Å²) in [6.07, 6.45) is 3.05. The zero-order valence-corrected chi connectivity index (χ0v) is 15.0. The molecular weight excluding hydrogens is 351 g/mol. The third kappa shape index (κ3) is 3.18. The Balaban J connectivity index is 1.51. The van der Waals surface area contributed by atoms with E-state index < -0.39 is 11.6 Å². The van der Waals surface area contributed by atoms with Gasteiger partial charge in [0.15, 0.2) is 0 Å². The number of nitrogens with one attached hydrogen (secondary N) is 2. The third-order valence-corrected chi connectivity index (χ3v) is 5.79. The molecule has 1 spiro atoms. The molecule has 0 aromatic heterocycles. The van der Waals surface area contributed by atoms with Gasteiger partial charge in [-0.05, 0) is 30.5 Å².